The number of hydrogen-bond donors (Lipinski definition) is 0. The molecule has 23 heavy (non-hydrogen) atoms. The van der Waals surface area contributed by atoms with Crippen molar-refractivity contribution in [3.05, 3.63) is 24.1 Å². The van der Waals surface area contributed by atoms with Crippen LogP contribution in [0.2, 0.25) is 19.6 Å². The third kappa shape index (κ3) is 6.08. The molecule has 1 unspecified atom stereocenters. The Morgan fingerprint density at radius 2 is 1.87 bits per heavy atom. The first-order chi connectivity index (χ1) is 10.6. The van der Waals surface area contributed by atoms with E-state index in [0.717, 1.165) is 6.07 Å². The van der Waals surface area contributed by atoms with Gasteiger partial charge in [0.2, 0.25) is 0 Å². The molecule has 0 saturated heterocycles. The van der Waals surface area contributed by atoms with Gasteiger partial charge in [0.05, 0.1) is 22.9 Å². The molecule has 0 aliphatic rings. The SMILES string of the molecule is CCOP(=O)(CS(=O)(=N[Si](C)(C)C)c1ncccc1F)OCC. The second-order valence-corrected chi connectivity index (χ2v) is 15.3. The smallest absolute Gasteiger partial charge is 0.308 e. The van der Waals surface area contributed by atoms with Crippen LogP contribution < -0.4 is 0 Å². The van der Waals surface area contributed by atoms with Crippen LogP contribution in [0.25, 0.3) is 0 Å². The van der Waals surface area contributed by atoms with Gasteiger partial charge in [0, 0.05) is 6.20 Å². The van der Waals surface area contributed by atoms with Gasteiger partial charge >= 0.3 is 7.60 Å². The lowest BCUT2D eigenvalue weighted by Gasteiger charge is -2.21. The highest BCUT2D eigenvalue weighted by Gasteiger charge is 2.35. The third-order valence-corrected chi connectivity index (χ3v) is 10.7. The standard InChI is InChI=1S/C13H24FN2O4PSSi/c1-6-19-21(17,20-7-2)11-22(18,16-23(3,4)5)13-12(14)9-8-10-15-13/h8-10H,6-7,11H2,1-5H3. The predicted molar refractivity (Wildman–Crippen MR) is 92.1 cm³/mol. The van der Waals surface area contributed by atoms with Crippen molar-refractivity contribution < 1.29 is 22.2 Å². The molecule has 132 valence electrons. The lowest BCUT2D eigenvalue weighted by molar-refractivity contribution is 0.224. The summed E-state index contributed by atoms with van der Waals surface area (Å²) in [6, 6.07) is 2.56. The molecule has 1 aromatic rings. The highest BCUT2D eigenvalue weighted by Crippen LogP contribution is 2.50. The van der Waals surface area contributed by atoms with Crippen molar-refractivity contribution in [3.8, 4) is 0 Å². The predicted octanol–water partition coefficient (Wildman–Crippen LogP) is 4.11. The lowest BCUT2D eigenvalue weighted by atomic mass is 10.5. The Bertz CT molecular complexity index is 691. The Kier molecular flexibility index (Phi) is 7.09. The molecular formula is C13H24FN2O4PSSi. The number of pyridine rings is 1. The van der Waals surface area contributed by atoms with E-state index in [1.165, 1.54) is 12.3 Å². The van der Waals surface area contributed by atoms with Crippen LogP contribution in [0.15, 0.2) is 27.4 Å². The van der Waals surface area contributed by atoms with Gasteiger partial charge in [-0.1, -0.05) is 0 Å². The van der Waals surface area contributed by atoms with Gasteiger partial charge in [-0.05, 0) is 45.6 Å². The highest BCUT2D eigenvalue weighted by atomic mass is 32.2. The first kappa shape index (κ1) is 20.4. The van der Waals surface area contributed by atoms with Gasteiger partial charge in [-0.2, -0.15) is 0 Å². The molecule has 0 aromatic carbocycles. The summed E-state index contributed by atoms with van der Waals surface area (Å²) in [6.07, 6.45) is 1.34. The molecule has 0 aliphatic heterocycles. The van der Waals surface area contributed by atoms with Crippen LogP contribution in [0, 0.1) is 5.82 Å². The summed E-state index contributed by atoms with van der Waals surface area (Å²) in [5.41, 5.74) is -0.500. The monoisotopic (exact) mass is 382 g/mol. The van der Waals surface area contributed by atoms with Crippen molar-refractivity contribution in [1.29, 1.82) is 0 Å². The van der Waals surface area contributed by atoms with E-state index in [2.05, 4.69) is 9.01 Å². The van der Waals surface area contributed by atoms with Gasteiger partial charge in [-0.3, -0.25) is 8.59 Å². The van der Waals surface area contributed by atoms with E-state index in [1.807, 2.05) is 19.6 Å². The molecule has 0 amide bonds. The minimum Gasteiger partial charge on any atom is -0.308 e. The summed E-state index contributed by atoms with van der Waals surface area (Å²) in [5.74, 6) is -0.737. The minimum absolute atomic E-state index is 0.129. The number of aromatic nitrogens is 1. The largest absolute Gasteiger partial charge is 0.344 e. The van der Waals surface area contributed by atoms with E-state index in [1.54, 1.807) is 13.8 Å². The van der Waals surface area contributed by atoms with Crippen molar-refractivity contribution >= 4 is 25.6 Å². The molecule has 1 heterocycles. The van der Waals surface area contributed by atoms with Gasteiger partial charge < -0.3 is 9.05 Å². The number of nitrogens with zero attached hydrogens (tertiary/aromatic N) is 2. The Balaban J connectivity index is 3.50. The van der Waals surface area contributed by atoms with Crippen molar-refractivity contribution in [2.24, 2.45) is 4.03 Å². The van der Waals surface area contributed by atoms with Gasteiger partial charge in [-0.25, -0.2) is 13.6 Å². The van der Waals surface area contributed by atoms with Crippen LogP contribution in [0.3, 0.4) is 0 Å². The van der Waals surface area contributed by atoms with Gasteiger partial charge in [0.25, 0.3) is 0 Å². The molecule has 0 radical (unpaired) electrons. The second kappa shape index (κ2) is 7.98. The molecule has 1 atom stereocenters. The van der Waals surface area contributed by atoms with Crippen LogP contribution in [0.4, 0.5) is 4.39 Å². The topological polar surface area (TPSA) is 77.9 Å². The summed E-state index contributed by atoms with van der Waals surface area (Å²) in [5, 5.41) is -0.290. The zero-order valence-electron chi connectivity index (χ0n) is 14.1. The number of hydrogen-bond acceptors (Lipinski definition) is 6. The molecule has 6 nitrogen and oxygen atoms in total. The fourth-order valence-corrected chi connectivity index (χ4v) is 10.8. The van der Waals surface area contributed by atoms with Crippen molar-refractivity contribution in [2.45, 2.75) is 38.5 Å². The maximum Gasteiger partial charge on any atom is 0.344 e. The van der Waals surface area contributed by atoms with Crippen molar-refractivity contribution in [3.63, 3.8) is 0 Å². The first-order valence-electron chi connectivity index (χ1n) is 7.30. The maximum atomic E-state index is 14.1. The first-order valence-corrected chi connectivity index (χ1v) is 14.2. The van der Waals surface area contributed by atoms with Crippen molar-refractivity contribution in [2.75, 3.05) is 18.7 Å². The molecular weight excluding hydrogens is 358 g/mol. The molecule has 0 bridgehead atoms. The van der Waals surface area contributed by atoms with Crippen LogP contribution in [0.5, 0.6) is 0 Å². The minimum atomic E-state index is -3.67. The van der Waals surface area contributed by atoms with Crippen LogP contribution in [-0.4, -0.2) is 36.1 Å². The molecule has 10 heteroatoms. The molecule has 1 rings (SSSR count). The van der Waals surface area contributed by atoms with Crippen LogP contribution >= 0.6 is 7.60 Å². The molecule has 0 N–H and O–H groups in total. The van der Waals surface area contributed by atoms with E-state index >= 15 is 0 Å². The summed E-state index contributed by atoms with van der Waals surface area (Å²) in [4.78, 5) is 3.88. The number of rotatable bonds is 8. The normalized spacial score (nSPS) is 15.2. The second-order valence-electron chi connectivity index (χ2n) is 5.77. The average molecular weight is 382 g/mol. The van der Waals surface area contributed by atoms with Gasteiger partial charge in [0.1, 0.15) is 5.49 Å². The van der Waals surface area contributed by atoms with E-state index in [9.17, 15) is 13.2 Å². The Morgan fingerprint density at radius 1 is 1.30 bits per heavy atom. The zero-order chi connectivity index (χ0) is 17.7. The Hall–Kier alpha value is -0.603. The van der Waals surface area contributed by atoms with E-state index < -0.39 is 36.9 Å². The molecule has 1 aromatic heterocycles. The number of halogens is 1. The quantitative estimate of drug-likeness (QED) is 0.499. The summed E-state index contributed by atoms with van der Waals surface area (Å²) in [7, 11) is -9.27. The van der Waals surface area contributed by atoms with Gasteiger partial charge in [-0.15, -0.1) is 0 Å². The summed E-state index contributed by atoms with van der Waals surface area (Å²) in [6.45, 7) is 9.16. The third-order valence-electron chi connectivity index (χ3n) is 2.43. The van der Waals surface area contributed by atoms with E-state index in [0.29, 0.717) is 0 Å². The highest BCUT2D eigenvalue weighted by molar-refractivity contribution is 8.00. The van der Waals surface area contributed by atoms with Crippen LogP contribution in [0.1, 0.15) is 13.8 Å². The molecule has 0 spiro atoms. The van der Waals surface area contributed by atoms with Crippen LogP contribution in [-0.2, 0) is 23.3 Å². The Labute approximate surface area is 138 Å². The fraction of sp³-hybridized carbons (Fsp3) is 0.615. The fourth-order valence-electron chi connectivity index (χ4n) is 1.90. The Morgan fingerprint density at radius 3 is 2.30 bits per heavy atom. The maximum absolute atomic E-state index is 14.1. The van der Waals surface area contributed by atoms with Crippen molar-refractivity contribution in [1.82, 2.24) is 4.98 Å². The van der Waals surface area contributed by atoms with Gasteiger partial charge in [0.15, 0.2) is 19.1 Å². The molecule has 0 fully saturated rings. The average Bonchev–Trinajstić information content (AvgIpc) is 2.36. The molecule has 0 saturated carbocycles. The molecule has 0 aliphatic carbocycles. The summed E-state index contributed by atoms with van der Waals surface area (Å²) < 4.78 is 55.1. The summed E-state index contributed by atoms with van der Waals surface area (Å²) >= 11 is 0. The zero-order valence-corrected chi connectivity index (χ0v) is 16.8. The van der Waals surface area contributed by atoms with E-state index in [-0.39, 0.29) is 18.2 Å². The van der Waals surface area contributed by atoms with E-state index in [4.69, 9.17) is 9.05 Å². The lowest BCUT2D eigenvalue weighted by Crippen LogP contribution is -2.23.